The number of thioether (sulfide) groups is 1. The lowest BCUT2D eigenvalue weighted by molar-refractivity contribution is -0.149. The van der Waals surface area contributed by atoms with Gasteiger partial charge in [-0.2, -0.15) is 11.8 Å². The first kappa shape index (κ1) is 29.0. The number of likely N-dealkylation sites (tertiary alicyclic amines) is 1. The summed E-state index contributed by atoms with van der Waals surface area (Å²) in [5, 5.41) is 24.7. The highest BCUT2D eigenvalue weighted by Gasteiger charge is 2.39. The van der Waals surface area contributed by atoms with Gasteiger partial charge in [0, 0.05) is 30.1 Å². The Morgan fingerprint density at radius 2 is 1.84 bits per heavy atom. The molecule has 7 N–H and O–H groups in total. The van der Waals surface area contributed by atoms with E-state index in [-0.39, 0.29) is 13.0 Å². The molecule has 13 heteroatoms. The van der Waals surface area contributed by atoms with Crippen molar-refractivity contribution in [3.63, 3.8) is 0 Å². The molecule has 1 aromatic heterocycles. The zero-order valence-corrected chi connectivity index (χ0v) is 21.8. The van der Waals surface area contributed by atoms with Crippen molar-refractivity contribution in [2.45, 2.75) is 56.3 Å². The summed E-state index contributed by atoms with van der Waals surface area (Å²) >= 11 is 1.49. The minimum Gasteiger partial charge on any atom is -0.481 e. The van der Waals surface area contributed by atoms with Crippen LogP contribution in [0, 0.1) is 0 Å². The second kappa shape index (κ2) is 13.3. The van der Waals surface area contributed by atoms with E-state index in [0.29, 0.717) is 30.6 Å². The summed E-state index contributed by atoms with van der Waals surface area (Å²) in [5.74, 6) is -4.00. The zero-order valence-electron chi connectivity index (χ0n) is 21.0. The second-order valence-corrected chi connectivity index (χ2v) is 10.2. The van der Waals surface area contributed by atoms with Crippen LogP contribution in [-0.4, -0.2) is 92.5 Å². The molecule has 1 fully saturated rings. The van der Waals surface area contributed by atoms with Gasteiger partial charge in [0.25, 0.3) is 0 Å². The Labute approximate surface area is 223 Å². The first-order chi connectivity index (χ1) is 18.1. The van der Waals surface area contributed by atoms with Crippen LogP contribution in [0.5, 0.6) is 0 Å². The van der Waals surface area contributed by atoms with Gasteiger partial charge in [-0.15, -0.1) is 0 Å². The van der Waals surface area contributed by atoms with Crippen molar-refractivity contribution >= 4 is 52.3 Å². The predicted octanol–water partition coefficient (Wildman–Crippen LogP) is 0.311. The van der Waals surface area contributed by atoms with E-state index in [0.717, 1.165) is 10.9 Å². The molecule has 0 saturated carbocycles. The van der Waals surface area contributed by atoms with Crippen LogP contribution in [0.4, 0.5) is 0 Å². The van der Waals surface area contributed by atoms with Gasteiger partial charge in [0.2, 0.25) is 17.7 Å². The van der Waals surface area contributed by atoms with Gasteiger partial charge in [-0.05, 0) is 42.9 Å². The van der Waals surface area contributed by atoms with Gasteiger partial charge in [-0.3, -0.25) is 19.2 Å². The van der Waals surface area contributed by atoms with Crippen LogP contribution < -0.4 is 16.4 Å². The van der Waals surface area contributed by atoms with Crippen molar-refractivity contribution in [3.8, 4) is 0 Å². The Morgan fingerprint density at radius 1 is 1.13 bits per heavy atom. The molecule has 4 unspecified atom stereocenters. The number of benzene rings is 1. The molecule has 4 atom stereocenters. The normalized spacial score (nSPS) is 17.5. The number of nitrogens with two attached hydrogens (primary N) is 1. The largest absolute Gasteiger partial charge is 0.481 e. The van der Waals surface area contributed by atoms with Crippen molar-refractivity contribution in [2.75, 3.05) is 18.6 Å². The third kappa shape index (κ3) is 7.25. The molecule has 3 amide bonds. The van der Waals surface area contributed by atoms with Crippen LogP contribution in [0.25, 0.3) is 10.9 Å². The fraction of sp³-hybridized carbons (Fsp3) is 0.480. The minimum absolute atomic E-state index is 0.0262. The second-order valence-electron chi connectivity index (χ2n) is 9.20. The van der Waals surface area contributed by atoms with Crippen molar-refractivity contribution in [1.82, 2.24) is 20.5 Å². The Hall–Kier alpha value is -3.58. The molecule has 1 aromatic carbocycles. The van der Waals surface area contributed by atoms with E-state index in [4.69, 9.17) is 5.73 Å². The molecule has 2 heterocycles. The van der Waals surface area contributed by atoms with Gasteiger partial charge in [-0.1, -0.05) is 18.2 Å². The van der Waals surface area contributed by atoms with E-state index >= 15 is 0 Å². The van der Waals surface area contributed by atoms with E-state index in [1.54, 1.807) is 6.20 Å². The average Bonchev–Trinajstić information content (AvgIpc) is 3.53. The van der Waals surface area contributed by atoms with Crippen LogP contribution in [0.15, 0.2) is 30.5 Å². The molecule has 0 spiro atoms. The standard InChI is InChI=1S/C25H33N5O7S/c1-38-10-8-16(26)22(33)28-18(12-21(31)32)23(34)29-19(24(35)30-9-4-7-20(30)25(36)37)11-14-13-27-17-6-3-2-5-15(14)17/h2-3,5-6,13,16,18-20,27H,4,7-12,26H2,1H3,(H,28,33)(H,29,34)(H,31,32)(H,36,37). The maximum Gasteiger partial charge on any atom is 0.326 e. The third-order valence-corrected chi connectivity index (χ3v) is 7.16. The van der Waals surface area contributed by atoms with Gasteiger partial charge in [0.15, 0.2) is 0 Å². The lowest BCUT2D eigenvalue weighted by Gasteiger charge is -2.28. The van der Waals surface area contributed by atoms with Gasteiger partial charge in [0.05, 0.1) is 12.5 Å². The Bertz CT molecular complexity index is 1190. The number of rotatable bonds is 13. The number of para-hydroxylation sites is 1. The number of nitrogens with one attached hydrogen (secondary N) is 3. The monoisotopic (exact) mass is 547 g/mol. The van der Waals surface area contributed by atoms with E-state index in [2.05, 4.69) is 15.6 Å². The van der Waals surface area contributed by atoms with Gasteiger partial charge in [0.1, 0.15) is 18.1 Å². The summed E-state index contributed by atoms with van der Waals surface area (Å²) in [6, 6.07) is 2.75. The fourth-order valence-electron chi connectivity index (χ4n) is 4.52. The topological polar surface area (TPSA) is 195 Å². The molecule has 1 aliphatic heterocycles. The highest BCUT2D eigenvalue weighted by atomic mass is 32.2. The molecular formula is C25H33N5O7S. The molecule has 206 valence electrons. The van der Waals surface area contributed by atoms with Crippen LogP contribution in [0.1, 0.15) is 31.2 Å². The predicted molar refractivity (Wildman–Crippen MR) is 141 cm³/mol. The molecule has 0 aliphatic carbocycles. The van der Waals surface area contributed by atoms with Crippen LogP contribution in [0.2, 0.25) is 0 Å². The average molecular weight is 548 g/mol. The number of hydrogen-bond acceptors (Lipinski definition) is 7. The van der Waals surface area contributed by atoms with Crippen molar-refractivity contribution < 1.29 is 34.2 Å². The number of aliphatic carboxylic acids is 2. The summed E-state index contributed by atoms with van der Waals surface area (Å²) in [4.78, 5) is 66.9. The highest BCUT2D eigenvalue weighted by molar-refractivity contribution is 7.98. The van der Waals surface area contributed by atoms with E-state index in [9.17, 15) is 34.2 Å². The summed E-state index contributed by atoms with van der Waals surface area (Å²) in [5.41, 5.74) is 7.41. The molecular weight excluding hydrogens is 514 g/mol. The number of aromatic amines is 1. The number of nitrogens with zero attached hydrogens (tertiary/aromatic N) is 1. The maximum absolute atomic E-state index is 13.6. The molecule has 1 aliphatic rings. The molecule has 12 nitrogen and oxygen atoms in total. The smallest absolute Gasteiger partial charge is 0.326 e. The van der Waals surface area contributed by atoms with E-state index in [1.165, 1.54) is 16.7 Å². The quantitative estimate of drug-likeness (QED) is 0.205. The zero-order chi connectivity index (χ0) is 27.8. The molecule has 38 heavy (non-hydrogen) atoms. The number of amides is 3. The third-order valence-electron chi connectivity index (χ3n) is 6.52. The number of carbonyl (C=O) groups excluding carboxylic acids is 3. The SMILES string of the molecule is CSCCC(N)C(=O)NC(CC(=O)O)C(=O)NC(Cc1c[nH]c2ccccc12)C(=O)N1CCCC1C(=O)O. The van der Waals surface area contributed by atoms with Gasteiger partial charge < -0.3 is 36.5 Å². The van der Waals surface area contributed by atoms with Crippen LogP contribution in [-0.2, 0) is 30.4 Å². The number of carbonyl (C=O) groups is 5. The number of H-pyrrole nitrogens is 1. The Balaban J connectivity index is 1.85. The molecule has 2 aromatic rings. The lowest BCUT2D eigenvalue weighted by atomic mass is 10.0. The van der Waals surface area contributed by atoms with E-state index < -0.39 is 60.2 Å². The van der Waals surface area contributed by atoms with Crippen LogP contribution >= 0.6 is 11.8 Å². The fourth-order valence-corrected chi connectivity index (χ4v) is 5.01. The summed E-state index contributed by atoms with van der Waals surface area (Å²) in [6.07, 6.45) is 3.99. The summed E-state index contributed by atoms with van der Waals surface area (Å²) < 4.78 is 0. The maximum atomic E-state index is 13.6. The van der Waals surface area contributed by atoms with Gasteiger partial charge in [-0.25, -0.2) is 4.79 Å². The van der Waals surface area contributed by atoms with Crippen molar-refractivity contribution in [3.05, 3.63) is 36.0 Å². The molecule has 0 radical (unpaired) electrons. The number of fused-ring (bicyclic) bond motifs is 1. The highest BCUT2D eigenvalue weighted by Crippen LogP contribution is 2.23. The van der Waals surface area contributed by atoms with E-state index in [1.807, 2.05) is 30.5 Å². The van der Waals surface area contributed by atoms with Gasteiger partial charge >= 0.3 is 11.9 Å². The summed E-state index contributed by atoms with van der Waals surface area (Å²) in [7, 11) is 0. The Morgan fingerprint density at radius 3 is 2.53 bits per heavy atom. The Kier molecular flexibility index (Phi) is 10.1. The number of carboxylic acid groups (broad SMARTS) is 2. The molecule has 3 rings (SSSR count). The van der Waals surface area contributed by atoms with Crippen molar-refractivity contribution in [2.24, 2.45) is 5.73 Å². The number of carboxylic acids is 2. The van der Waals surface area contributed by atoms with Crippen molar-refractivity contribution in [1.29, 1.82) is 0 Å². The molecule has 0 bridgehead atoms. The summed E-state index contributed by atoms with van der Waals surface area (Å²) in [6.45, 7) is 0.218. The lowest BCUT2D eigenvalue weighted by Crippen LogP contribution is -2.58. The first-order valence-electron chi connectivity index (χ1n) is 12.3. The van der Waals surface area contributed by atoms with Crippen LogP contribution in [0.3, 0.4) is 0 Å². The minimum atomic E-state index is -1.48. The first-order valence-corrected chi connectivity index (χ1v) is 13.7. The number of hydrogen-bond donors (Lipinski definition) is 6. The number of aromatic nitrogens is 1. The molecule has 1 saturated heterocycles.